The number of aliphatic imine (C=N–C) groups is 1. The number of methoxy groups -OCH3 is 1. The molecule has 6 heteroatoms. The number of amidine groups is 1. The molecule has 1 aromatic heterocycles. The molecule has 1 N–H and O–H groups in total. The van der Waals surface area contributed by atoms with Crippen molar-refractivity contribution in [3.63, 3.8) is 0 Å². The first-order valence-corrected chi connectivity index (χ1v) is 8.35. The molecule has 124 valence electrons. The number of hydrogen-bond donors (Lipinski definition) is 1. The molecule has 0 atom stereocenters. The van der Waals surface area contributed by atoms with Crippen LogP contribution in [0.25, 0.3) is 11.0 Å². The predicted molar refractivity (Wildman–Crippen MR) is 103 cm³/mol. The summed E-state index contributed by atoms with van der Waals surface area (Å²) in [6.45, 7) is 3.97. The van der Waals surface area contributed by atoms with Gasteiger partial charge in [0.2, 0.25) is 0 Å². The summed E-state index contributed by atoms with van der Waals surface area (Å²) in [6, 6.07) is 9.94. The van der Waals surface area contributed by atoms with E-state index in [-0.39, 0.29) is 0 Å². The van der Waals surface area contributed by atoms with Crippen LogP contribution in [0.3, 0.4) is 0 Å². The van der Waals surface area contributed by atoms with Crippen LogP contribution in [-0.4, -0.2) is 22.5 Å². The molecule has 0 radical (unpaired) electrons. The van der Waals surface area contributed by atoms with Gasteiger partial charge in [-0.3, -0.25) is 0 Å². The van der Waals surface area contributed by atoms with Gasteiger partial charge in [0.25, 0.3) is 0 Å². The average Bonchev–Trinajstić information content (AvgIpc) is 2.92. The minimum Gasteiger partial charge on any atom is -0.495 e. The van der Waals surface area contributed by atoms with Crippen LogP contribution in [0, 0.1) is 6.92 Å². The first kappa shape index (κ1) is 16.5. The summed E-state index contributed by atoms with van der Waals surface area (Å²) in [6.07, 6.45) is 1.81. The molecule has 0 aliphatic rings. The summed E-state index contributed by atoms with van der Waals surface area (Å²) in [4.78, 5) is 9.24. The van der Waals surface area contributed by atoms with E-state index in [1.807, 2.05) is 50.0 Å². The van der Waals surface area contributed by atoms with E-state index in [2.05, 4.69) is 38.4 Å². The SMILES string of the molecule is COc1ccc(Br)cc1NC(C)=Nc1c(C)ccc2c1ncn2C. The van der Waals surface area contributed by atoms with E-state index in [1.54, 1.807) is 7.11 Å². The second kappa shape index (κ2) is 6.65. The molecule has 0 saturated heterocycles. The Morgan fingerprint density at radius 2 is 2.08 bits per heavy atom. The van der Waals surface area contributed by atoms with Crippen LogP contribution in [0.2, 0.25) is 0 Å². The van der Waals surface area contributed by atoms with Gasteiger partial charge in [0.05, 0.1) is 30.3 Å². The second-order valence-electron chi connectivity index (χ2n) is 5.62. The lowest BCUT2D eigenvalue weighted by molar-refractivity contribution is 0.417. The number of aromatic nitrogens is 2. The molecule has 0 fully saturated rings. The van der Waals surface area contributed by atoms with Crippen molar-refractivity contribution >= 4 is 44.2 Å². The fraction of sp³-hybridized carbons (Fsp3) is 0.222. The van der Waals surface area contributed by atoms with Gasteiger partial charge < -0.3 is 14.6 Å². The number of ether oxygens (including phenoxy) is 1. The maximum absolute atomic E-state index is 5.39. The van der Waals surface area contributed by atoms with Crippen molar-refractivity contribution in [3.8, 4) is 5.75 Å². The Morgan fingerprint density at radius 3 is 2.83 bits per heavy atom. The maximum atomic E-state index is 5.39. The first-order valence-electron chi connectivity index (χ1n) is 7.56. The van der Waals surface area contributed by atoms with Gasteiger partial charge in [0.15, 0.2) is 0 Å². The van der Waals surface area contributed by atoms with Crippen LogP contribution in [0.15, 0.2) is 46.1 Å². The highest BCUT2D eigenvalue weighted by Gasteiger charge is 2.10. The summed E-state index contributed by atoms with van der Waals surface area (Å²) in [7, 11) is 3.63. The number of rotatable bonds is 3. The summed E-state index contributed by atoms with van der Waals surface area (Å²) in [5.41, 5.74) is 4.79. The molecule has 0 saturated carbocycles. The lowest BCUT2D eigenvalue weighted by Gasteiger charge is -2.12. The molecule has 24 heavy (non-hydrogen) atoms. The van der Waals surface area contributed by atoms with E-state index in [9.17, 15) is 0 Å². The normalized spacial score (nSPS) is 11.8. The van der Waals surface area contributed by atoms with E-state index in [0.717, 1.165) is 44.0 Å². The zero-order valence-electron chi connectivity index (χ0n) is 14.1. The summed E-state index contributed by atoms with van der Waals surface area (Å²) >= 11 is 3.48. The Balaban J connectivity index is 2.00. The lowest BCUT2D eigenvalue weighted by Crippen LogP contribution is -2.08. The Kier molecular flexibility index (Phi) is 4.57. The van der Waals surface area contributed by atoms with Crippen LogP contribution in [0.1, 0.15) is 12.5 Å². The highest BCUT2D eigenvalue weighted by atomic mass is 79.9. The van der Waals surface area contributed by atoms with Crippen molar-refractivity contribution in [2.45, 2.75) is 13.8 Å². The van der Waals surface area contributed by atoms with E-state index in [0.29, 0.717) is 0 Å². The summed E-state index contributed by atoms with van der Waals surface area (Å²) < 4.78 is 8.36. The standard InChI is InChI=1S/C18H19BrN4O/c1-11-5-7-15-18(20-10-23(15)3)17(11)22-12(2)21-14-9-13(19)6-8-16(14)24-4/h5-10H,1-4H3,(H,21,22). The third kappa shape index (κ3) is 3.14. The maximum Gasteiger partial charge on any atom is 0.142 e. The minimum absolute atomic E-state index is 0.764. The molecular formula is C18H19BrN4O. The van der Waals surface area contributed by atoms with Crippen molar-refractivity contribution in [1.29, 1.82) is 0 Å². The van der Waals surface area contributed by atoms with E-state index < -0.39 is 0 Å². The number of aryl methyl sites for hydroxylation is 2. The molecule has 1 heterocycles. The number of benzene rings is 2. The third-order valence-electron chi connectivity index (χ3n) is 3.83. The molecule has 3 rings (SSSR count). The minimum atomic E-state index is 0.764. The molecule has 0 aliphatic carbocycles. The van der Waals surface area contributed by atoms with Gasteiger partial charge in [-0.1, -0.05) is 22.0 Å². The smallest absolute Gasteiger partial charge is 0.142 e. The van der Waals surface area contributed by atoms with E-state index in [1.165, 1.54) is 0 Å². The Bertz CT molecular complexity index is 930. The Morgan fingerprint density at radius 1 is 1.29 bits per heavy atom. The van der Waals surface area contributed by atoms with Crippen molar-refractivity contribution in [2.24, 2.45) is 12.0 Å². The fourth-order valence-electron chi connectivity index (χ4n) is 2.60. The molecule has 0 bridgehead atoms. The zero-order valence-corrected chi connectivity index (χ0v) is 15.7. The van der Waals surface area contributed by atoms with Crippen LogP contribution in [0.5, 0.6) is 5.75 Å². The van der Waals surface area contributed by atoms with Crippen molar-refractivity contribution < 1.29 is 4.74 Å². The Labute approximate surface area is 149 Å². The number of anilines is 1. The highest BCUT2D eigenvalue weighted by molar-refractivity contribution is 9.10. The quantitative estimate of drug-likeness (QED) is 0.518. The van der Waals surface area contributed by atoms with Crippen molar-refractivity contribution in [3.05, 3.63) is 46.7 Å². The van der Waals surface area contributed by atoms with Gasteiger partial charge >= 0.3 is 0 Å². The Hall–Kier alpha value is -2.34. The van der Waals surface area contributed by atoms with Crippen LogP contribution in [0.4, 0.5) is 11.4 Å². The number of nitrogens with zero attached hydrogens (tertiary/aromatic N) is 3. The topological polar surface area (TPSA) is 51.4 Å². The lowest BCUT2D eigenvalue weighted by atomic mass is 10.1. The van der Waals surface area contributed by atoms with Gasteiger partial charge in [-0.15, -0.1) is 0 Å². The van der Waals surface area contributed by atoms with E-state index >= 15 is 0 Å². The molecular weight excluding hydrogens is 368 g/mol. The van der Waals surface area contributed by atoms with Gasteiger partial charge in [0, 0.05) is 11.5 Å². The number of hydrogen-bond acceptors (Lipinski definition) is 3. The van der Waals surface area contributed by atoms with Gasteiger partial charge in [0.1, 0.15) is 17.1 Å². The number of halogens is 1. The van der Waals surface area contributed by atoms with Crippen molar-refractivity contribution in [1.82, 2.24) is 9.55 Å². The third-order valence-corrected chi connectivity index (χ3v) is 4.32. The van der Waals surface area contributed by atoms with Crippen LogP contribution >= 0.6 is 15.9 Å². The van der Waals surface area contributed by atoms with E-state index in [4.69, 9.17) is 9.73 Å². The summed E-state index contributed by atoms with van der Waals surface area (Å²) in [5.74, 6) is 1.54. The number of imidazole rings is 1. The molecule has 5 nitrogen and oxygen atoms in total. The first-order chi connectivity index (χ1) is 11.5. The molecule has 2 aromatic carbocycles. The van der Waals surface area contributed by atoms with Gasteiger partial charge in [-0.05, 0) is 43.7 Å². The van der Waals surface area contributed by atoms with Crippen LogP contribution in [-0.2, 0) is 7.05 Å². The number of fused-ring (bicyclic) bond motifs is 1. The van der Waals surface area contributed by atoms with Crippen LogP contribution < -0.4 is 10.1 Å². The second-order valence-corrected chi connectivity index (χ2v) is 6.54. The average molecular weight is 387 g/mol. The highest BCUT2D eigenvalue weighted by Crippen LogP contribution is 2.30. The molecule has 0 amide bonds. The molecule has 0 unspecified atom stereocenters. The predicted octanol–water partition coefficient (Wildman–Crippen LogP) is 4.81. The molecule has 0 aliphatic heterocycles. The van der Waals surface area contributed by atoms with Crippen molar-refractivity contribution in [2.75, 3.05) is 12.4 Å². The molecule has 3 aromatic rings. The number of nitrogens with one attached hydrogen (secondary N) is 1. The van der Waals surface area contributed by atoms with Gasteiger partial charge in [-0.2, -0.15) is 0 Å². The fourth-order valence-corrected chi connectivity index (χ4v) is 2.96. The van der Waals surface area contributed by atoms with Gasteiger partial charge in [-0.25, -0.2) is 9.98 Å². The monoisotopic (exact) mass is 386 g/mol. The largest absolute Gasteiger partial charge is 0.495 e. The molecule has 0 spiro atoms. The summed E-state index contributed by atoms with van der Waals surface area (Å²) in [5, 5.41) is 3.31. The zero-order chi connectivity index (χ0) is 17.3.